The van der Waals surface area contributed by atoms with Gasteiger partial charge in [0.25, 0.3) is 5.89 Å². The number of rotatable bonds is 2. The Bertz CT molecular complexity index is 753. The first-order valence-electron chi connectivity index (χ1n) is 5.89. The van der Waals surface area contributed by atoms with Crippen LogP contribution in [-0.2, 0) is 0 Å². The molecule has 3 aromatic rings. The summed E-state index contributed by atoms with van der Waals surface area (Å²) in [6.07, 6.45) is 1.34. The molecule has 2 heterocycles. The predicted molar refractivity (Wildman–Crippen MR) is 69.3 cm³/mol. The van der Waals surface area contributed by atoms with E-state index in [0.717, 1.165) is 0 Å². The first-order chi connectivity index (χ1) is 9.63. The average Bonchev–Trinajstić information content (AvgIpc) is 2.92. The van der Waals surface area contributed by atoms with Crippen molar-refractivity contribution < 1.29 is 14.0 Å². The van der Waals surface area contributed by atoms with Crippen molar-refractivity contribution in [1.29, 1.82) is 0 Å². The van der Waals surface area contributed by atoms with Gasteiger partial charge in [0.1, 0.15) is 5.75 Å². The predicted octanol–water partition coefficient (Wildman–Crippen LogP) is 2.95. The van der Waals surface area contributed by atoms with Crippen molar-refractivity contribution in [2.75, 3.05) is 0 Å². The quantitative estimate of drug-likeness (QED) is 0.725. The largest absolute Gasteiger partial charge is 0.508 e. The number of phenols is 1. The fraction of sp³-hybridized carbons (Fsp3) is 0.0714. The molecule has 0 saturated heterocycles. The maximum atomic E-state index is 13.1. The molecule has 0 amide bonds. The Morgan fingerprint density at radius 1 is 1.15 bits per heavy atom. The monoisotopic (exact) mass is 271 g/mol. The summed E-state index contributed by atoms with van der Waals surface area (Å²) in [6.45, 7) is 1.61. The number of aryl methyl sites for hydroxylation is 1. The SMILES string of the molecule is Cc1cc(-c2nc(-c3ccc(O)cc3)no2)cnc1F. The summed E-state index contributed by atoms with van der Waals surface area (Å²) in [7, 11) is 0. The molecule has 0 spiro atoms. The standard InChI is InChI=1S/C14H10FN3O2/c1-8-6-10(7-16-12(8)15)14-17-13(18-20-14)9-2-4-11(19)5-3-9/h2-7,19H,1H3. The van der Waals surface area contributed by atoms with Crippen LogP contribution in [0.1, 0.15) is 5.56 Å². The molecule has 0 unspecified atom stereocenters. The van der Waals surface area contributed by atoms with Crippen molar-refractivity contribution in [1.82, 2.24) is 15.1 Å². The maximum absolute atomic E-state index is 13.1. The Morgan fingerprint density at radius 2 is 1.90 bits per heavy atom. The molecular weight excluding hydrogens is 261 g/mol. The van der Waals surface area contributed by atoms with E-state index in [1.165, 1.54) is 18.3 Å². The minimum atomic E-state index is -0.521. The molecule has 0 aliphatic rings. The van der Waals surface area contributed by atoms with Gasteiger partial charge in [-0.05, 0) is 37.3 Å². The lowest BCUT2D eigenvalue weighted by Crippen LogP contribution is -1.89. The van der Waals surface area contributed by atoms with Gasteiger partial charge in [0.15, 0.2) is 0 Å². The molecule has 0 aliphatic heterocycles. The fourth-order valence-electron chi connectivity index (χ4n) is 1.74. The van der Waals surface area contributed by atoms with Gasteiger partial charge in [0.05, 0.1) is 5.56 Å². The number of hydrogen-bond donors (Lipinski definition) is 1. The van der Waals surface area contributed by atoms with E-state index >= 15 is 0 Å². The van der Waals surface area contributed by atoms with Crippen LogP contribution in [-0.4, -0.2) is 20.2 Å². The lowest BCUT2D eigenvalue weighted by atomic mass is 10.2. The first kappa shape index (κ1) is 12.3. The molecule has 1 N–H and O–H groups in total. The molecule has 0 radical (unpaired) electrons. The highest BCUT2D eigenvalue weighted by atomic mass is 19.1. The molecule has 20 heavy (non-hydrogen) atoms. The summed E-state index contributed by atoms with van der Waals surface area (Å²) in [5, 5.41) is 13.1. The molecule has 3 rings (SSSR count). The number of aromatic hydroxyl groups is 1. The summed E-state index contributed by atoms with van der Waals surface area (Å²) in [5.74, 6) is 0.300. The van der Waals surface area contributed by atoms with Gasteiger partial charge in [-0.1, -0.05) is 5.16 Å². The first-order valence-corrected chi connectivity index (χ1v) is 5.89. The van der Waals surface area contributed by atoms with Gasteiger partial charge >= 0.3 is 0 Å². The van der Waals surface area contributed by atoms with Crippen LogP contribution in [0, 0.1) is 12.9 Å². The van der Waals surface area contributed by atoms with Crippen molar-refractivity contribution in [3.8, 4) is 28.6 Å². The number of phenolic OH excluding ortho intramolecular Hbond substituents is 1. The Kier molecular flexibility index (Phi) is 2.90. The molecule has 6 heteroatoms. The summed E-state index contributed by atoms with van der Waals surface area (Å²) in [6, 6.07) is 8.02. The minimum Gasteiger partial charge on any atom is -0.508 e. The molecule has 1 aromatic carbocycles. The zero-order valence-corrected chi connectivity index (χ0v) is 10.5. The van der Waals surface area contributed by atoms with Gasteiger partial charge in [-0.15, -0.1) is 0 Å². The minimum absolute atomic E-state index is 0.163. The van der Waals surface area contributed by atoms with Gasteiger partial charge in [0, 0.05) is 17.3 Å². The highest BCUT2D eigenvalue weighted by Crippen LogP contribution is 2.23. The van der Waals surface area contributed by atoms with Crippen molar-refractivity contribution in [2.24, 2.45) is 0 Å². The number of benzene rings is 1. The van der Waals surface area contributed by atoms with Crippen molar-refractivity contribution in [3.05, 3.63) is 48.0 Å². The maximum Gasteiger partial charge on any atom is 0.259 e. The molecule has 0 fully saturated rings. The van der Waals surface area contributed by atoms with Crippen LogP contribution in [0.15, 0.2) is 41.1 Å². The van der Waals surface area contributed by atoms with E-state index in [9.17, 15) is 9.50 Å². The van der Waals surface area contributed by atoms with E-state index in [1.807, 2.05) is 0 Å². The number of pyridine rings is 1. The van der Waals surface area contributed by atoms with E-state index in [-0.39, 0.29) is 11.6 Å². The topological polar surface area (TPSA) is 72.0 Å². The van der Waals surface area contributed by atoms with Crippen molar-refractivity contribution >= 4 is 0 Å². The van der Waals surface area contributed by atoms with E-state index < -0.39 is 5.95 Å². The van der Waals surface area contributed by atoms with Gasteiger partial charge in [0.2, 0.25) is 11.8 Å². The van der Waals surface area contributed by atoms with E-state index in [0.29, 0.717) is 22.5 Å². The number of nitrogens with zero attached hydrogens (tertiary/aromatic N) is 3. The second kappa shape index (κ2) is 4.73. The summed E-state index contributed by atoms with van der Waals surface area (Å²) >= 11 is 0. The highest BCUT2D eigenvalue weighted by Gasteiger charge is 2.12. The lowest BCUT2D eigenvalue weighted by Gasteiger charge is -1.97. The van der Waals surface area contributed by atoms with Gasteiger partial charge in [-0.25, -0.2) is 4.98 Å². The molecule has 0 atom stereocenters. The van der Waals surface area contributed by atoms with E-state index in [4.69, 9.17) is 4.52 Å². The van der Waals surface area contributed by atoms with Crippen LogP contribution >= 0.6 is 0 Å². The normalized spacial score (nSPS) is 10.7. The number of aromatic nitrogens is 3. The molecule has 0 saturated carbocycles. The highest BCUT2D eigenvalue weighted by molar-refractivity contribution is 5.60. The fourth-order valence-corrected chi connectivity index (χ4v) is 1.74. The smallest absolute Gasteiger partial charge is 0.259 e. The van der Waals surface area contributed by atoms with Crippen molar-refractivity contribution in [2.45, 2.75) is 6.92 Å². The van der Waals surface area contributed by atoms with Gasteiger partial charge < -0.3 is 9.63 Å². The molecule has 100 valence electrons. The third-order valence-electron chi connectivity index (χ3n) is 2.81. The third-order valence-corrected chi connectivity index (χ3v) is 2.81. The molecule has 0 aliphatic carbocycles. The summed E-state index contributed by atoms with van der Waals surface area (Å²) in [5.41, 5.74) is 1.68. The van der Waals surface area contributed by atoms with Crippen LogP contribution in [0.2, 0.25) is 0 Å². The second-order valence-corrected chi connectivity index (χ2v) is 4.30. The zero-order chi connectivity index (χ0) is 14.1. The lowest BCUT2D eigenvalue weighted by molar-refractivity contribution is 0.432. The summed E-state index contributed by atoms with van der Waals surface area (Å²) < 4.78 is 18.3. The van der Waals surface area contributed by atoms with Crippen LogP contribution in [0.5, 0.6) is 5.75 Å². The molecular formula is C14H10FN3O2. The Morgan fingerprint density at radius 3 is 2.60 bits per heavy atom. The van der Waals surface area contributed by atoms with Gasteiger partial charge in [-0.3, -0.25) is 0 Å². The zero-order valence-electron chi connectivity index (χ0n) is 10.5. The average molecular weight is 271 g/mol. The molecule has 2 aromatic heterocycles. The summed E-state index contributed by atoms with van der Waals surface area (Å²) in [4.78, 5) is 7.85. The van der Waals surface area contributed by atoms with Crippen molar-refractivity contribution in [3.63, 3.8) is 0 Å². The van der Waals surface area contributed by atoms with E-state index in [2.05, 4.69) is 15.1 Å². The Balaban J connectivity index is 1.97. The third kappa shape index (κ3) is 2.23. The van der Waals surface area contributed by atoms with Crippen LogP contribution in [0.25, 0.3) is 22.8 Å². The number of hydrogen-bond acceptors (Lipinski definition) is 5. The molecule has 0 bridgehead atoms. The Hall–Kier alpha value is -2.76. The van der Waals surface area contributed by atoms with Crippen LogP contribution in [0.3, 0.4) is 0 Å². The second-order valence-electron chi connectivity index (χ2n) is 4.30. The van der Waals surface area contributed by atoms with Crippen LogP contribution in [0.4, 0.5) is 4.39 Å². The van der Waals surface area contributed by atoms with Crippen LogP contribution < -0.4 is 0 Å². The van der Waals surface area contributed by atoms with E-state index in [1.54, 1.807) is 25.1 Å². The number of halogens is 1. The molecule has 5 nitrogen and oxygen atoms in total. The van der Waals surface area contributed by atoms with Gasteiger partial charge in [-0.2, -0.15) is 9.37 Å². The Labute approximate surface area is 113 Å².